The predicted octanol–water partition coefficient (Wildman–Crippen LogP) is 0.869. The van der Waals surface area contributed by atoms with Gasteiger partial charge in [0.15, 0.2) is 9.84 Å². The fraction of sp³-hybridized carbons (Fsp3) is 0.400. The van der Waals surface area contributed by atoms with Gasteiger partial charge >= 0.3 is 0 Å². The number of aryl methyl sites for hydroxylation is 1. The Balaban J connectivity index is 2.74. The van der Waals surface area contributed by atoms with E-state index in [1.165, 1.54) is 0 Å². The Labute approximate surface area is 84.9 Å². The standard InChI is InChI=1S/C10H15NO2S/c1-9-2-4-10(5-3-9)8-14(12,13)7-6-11/h2-5H,6-8,11H2,1H3. The molecule has 4 heteroatoms. The van der Waals surface area contributed by atoms with Crippen molar-refractivity contribution in [1.82, 2.24) is 0 Å². The molecular formula is C10H15NO2S. The van der Waals surface area contributed by atoms with E-state index in [4.69, 9.17) is 5.73 Å². The molecule has 0 atom stereocenters. The average Bonchev–Trinajstić information content (AvgIpc) is 2.08. The summed E-state index contributed by atoms with van der Waals surface area (Å²) in [5.74, 6) is 0.144. The topological polar surface area (TPSA) is 60.2 Å². The summed E-state index contributed by atoms with van der Waals surface area (Å²) >= 11 is 0. The Morgan fingerprint density at radius 2 is 1.79 bits per heavy atom. The Hall–Kier alpha value is -0.870. The zero-order chi connectivity index (χ0) is 10.6. The minimum atomic E-state index is -3.02. The maximum absolute atomic E-state index is 11.4. The van der Waals surface area contributed by atoms with Crippen molar-refractivity contribution in [1.29, 1.82) is 0 Å². The Morgan fingerprint density at radius 1 is 1.21 bits per heavy atom. The number of hydrogen-bond acceptors (Lipinski definition) is 3. The first-order valence-corrected chi connectivity index (χ1v) is 6.32. The molecule has 0 aliphatic carbocycles. The van der Waals surface area contributed by atoms with E-state index in [0.29, 0.717) is 0 Å². The van der Waals surface area contributed by atoms with E-state index in [1.54, 1.807) is 0 Å². The summed E-state index contributed by atoms with van der Waals surface area (Å²) < 4.78 is 22.8. The highest BCUT2D eigenvalue weighted by Gasteiger charge is 2.09. The molecule has 0 saturated heterocycles. The summed E-state index contributed by atoms with van der Waals surface area (Å²) in [6, 6.07) is 7.49. The number of sulfone groups is 1. The van der Waals surface area contributed by atoms with Crippen molar-refractivity contribution in [3.8, 4) is 0 Å². The average molecular weight is 213 g/mol. The third kappa shape index (κ3) is 3.47. The smallest absolute Gasteiger partial charge is 0.155 e. The largest absolute Gasteiger partial charge is 0.329 e. The molecule has 0 radical (unpaired) electrons. The zero-order valence-corrected chi connectivity index (χ0v) is 9.05. The molecular weight excluding hydrogens is 198 g/mol. The quantitative estimate of drug-likeness (QED) is 0.807. The van der Waals surface area contributed by atoms with Gasteiger partial charge in [0.05, 0.1) is 11.5 Å². The van der Waals surface area contributed by atoms with Crippen LogP contribution < -0.4 is 5.73 Å². The van der Waals surface area contributed by atoms with Crippen LogP contribution in [0.2, 0.25) is 0 Å². The zero-order valence-electron chi connectivity index (χ0n) is 8.23. The molecule has 0 fully saturated rings. The SMILES string of the molecule is Cc1ccc(CS(=O)(=O)CCN)cc1. The molecule has 0 saturated carbocycles. The van der Waals surface area contributed by atoms with Crippen molar-refractivity contribution < 1.29 is 8.42 Å². The minimum absolute atomic E-state index is 0.0564. The van der Waals surface area contributed by atoms with Crippen LogP contribution in [0.5, 0.6) is 0 Å². The monoisotopic (exact) mass is 213 g/mol. The molecule has 0 aliphatic rings. The molecule has 0 spiro atoms. The van der Waals surface area contributed by atoms with Crippen LogP contribution in [-0.4, -0.2) is 20.7 Å². The molecule has 0 aromatic heterocycles. The van der Waals surface area contributed by atoms with Crippen LogP contribution in [-0.2, 0) is 15.6 Å². The molecule has 0 unspecified atom stereocenters. The molecule has 1 aromatic rings. The van der Waals surface area contributed by atoms with E-state index in [-0.39, 0.29) is 18.1 Å². The maximum atomic E-state index is 11.4. The highest BCUT2D eigenvalue weighted by molar-refractivity contribution is 7.90. The number of benzene rings is 1. The van der Waals surface area contributed by atoms with Crippen molar-refractivity contribution in [2.75, 3.05) is 12.3 Å². The predicted molar refractivity (Wildman–Crippen MR) is 57.7 cm³/mol. The van der Waals surface area contributed by atoms with Crippen molar-refractivity contribution in [3.05, 3.63) is 35.4 Å². The van der Waals surface area contributed by atoms with Crippen LogP contribution in [0.15, 0.2) is 24.3 Å². The molecule has 0 aliphatic heterocycles. The number of nitrogens with two attached hydrogens (primary N) is 1. The van der Waals surface area contributed by atoms with Gasteiger partial charge in [0.25, 0.3) is 0 Å². The van der Waals surface area contributed by atoms with Crippen LogP contribution in [0.1, 0.15) is 11.1 Å². The molecule has 78 valence electrons. The molecule has 1 aromatic carbocycles. The van der Waals surface area contributed by atoms with Crippen LogP contribution >= 0.6 is 0 Å². The maximum Gasteiger partial charge on any atom is 0.155 e. The van der Waals surface area contributed by atoms with Gasteiger partial charge in [-0.2, -0.15) is 0 Å². The molecule has 0 heterocycles. The molecule has 1 rings (SSSR count). The molecule has 14 heavy (non-hydrogen) atoms. The van der Waals surface area contributed by atoms with Crippen molar-refractivity contribution in [2.45, 2.75) is 12.7 Å². The van der Waals surface area contributed by atoms with E-state index >= 15 is 0 Å². The molecule has 0 amide bonds. The Bertz CT molecular complexity index is 381. The first-order chi connectivity index (χ1) is 6.53. The van der Waals surface area contributed by atoms with Gasteiger partial charge in [-0.25, -0.2) is 8.42 Å². The lowest BCUT2D eigenvalue weighted by Gasteiger charge is -2.02. The van der Waals surface area contributed by atoms with E-state index in [1.807, 2.05) is 31.2 Å². The molecule has 3 nitrogen and oxygen atoms in total. The van der Waals surface area contributed by atoms with Crippen LogP contribution in [0.25, 0.3) is 0 Å². The van der Waals surface area contributed by atoms with Crippen molar-refractivity contribution in [2.24, 2.45) is 5.73 Å². The van der Waals surface area contributed by atoms with Gasteiger partial charge in [-0.15, -0.1) is 0 Å². The molecule has 0 bridgehead atoms. The first kappa shape index (κ1) is 11.2. The lowest BCUT2D eigenvalue weighted by atomic mass is 10.2. The number of rotatable bonds is 4. The Kier molecular flexibility index (Phi) is 3.66. The van der Waals surface area contributed by atoms with Gasteiger partial charge in [-0.1, -0.05) is 29.8 Å². The van der Waals surface area contributed by atoms with Gasteiger partial charge in [-0.3, -0.25) is 0 Å². The van der Waals surface area contributed by atoms with E-state index in [0.717, 1.165) is 11.1 Å². The molecule has 2 N–H and O–H groups in total. The first-order valence-electron chi connectivity index (χ1n) is 4.49. The van der Waals surface area contributed by atoms with Crippen molar-refractivity contribution in [3.63, 3.8) is 0 Å². The summed E-state index contributed by atoms with van der Waals surface area (Å²) in [5, 5.41) is 0. The lowest BCUT2D eigenvalue weighted by Crippen LogP contribution is -2.17. The van der Waals surface area contributed by atoms with E-state index in [2.05, 4.69) is 0 Å². The summed E-state index contributed by atoms with van der Waals surface area (Å²) in [5.41, 5.74) is 7.17. The summed E-state index contributed by atoms with van der Waals surface area (Å²) in [6.45, 7) is 2.16. The minimum Gasteiger partial charge on any atom is -0.329 e. The second-order valence-corrected chi connectivity index (χ2v) is 5.55. The highest BCUT2D eigenvalue weighted by Crippen LogP contribution is 2.07. The van der Waals surface area contributed by atoms with E-state index in [9.17, 15) is 8.42 Å². The van der Waals surface area contributed by atoms with Crippen molar-refractivity contribution >= 4 is 9.84 Å². The second kappa shape index (κ2) is 4.57. The van der Waals surface area contributed by atoms with Crippen LogP contribution in [0.4, 0.5) is 0 Å². The van der Waals surface area contributed by atoms with Gasteiger partial charge in [-0.05, 0) is 12.5 Å². The third-order valence-electron chi connectivity index (χ3n) is 1.94. The summed E-state index contributed by atoms with van der Waals surface area (Å²) in [4.78, 5) is 0. The fourth-order valence-corrected chi connectivity index (χ4v) is 2.39. The normalized spacial score (nSPS) is 11.6. The van der Waals surface area contributed by atoms with Gasteiger partial charge in [0, 0.05) is 6.54 Å². The Morgan fingerprint density at radius 3 is 2.29 bits per heavy atom. The second-order valence-electron chi connectivity index (χ2n) is 3.37. The fourth-order valence-electron chi connectivity index (χ4n) is 1.19. The van der Waals surface area contributed by atoms with Gasteiger partial charge in [0.1, 0.15) is 0 Å². The van der Waals surface area contributed by atoms with Gasteiger partial charge < -0.3 is 5.73 Å². The van der Waals surface area contributed by atoms with Crippen LogP contribution in [0, 0.1) is 6.92 Å². The van der Waals surface area contributed by atoms with Crippen LogP contribution in [0.3, 0.4) is 0 Å². The highest BCUT2D eigenvalue weighted by atomic mass is 32.2. The summed E-state index contributed by atoms with van der Waals surface area (Å²) in [7, 11) is -3.02. The number of hydrogen-bond donors (Lipinski definition) is 1. The third-order valence-corrected chi connectivity index (χ3v) is 3.57. The van der Waals surface area contributed by atoms with Gasteiger partial charge in [0.2, 0.25) is 0 Å². The van der Waals surface area contributed by atoms with E-state index < -0.39 is 9.84 Å². The lowest BCUT2D eigenvalue weighted by molar-refractivity contribution is 0.595. The summed E-state index contributed by atoms with van der Waals surface area (Å²) in [6.07, 6.45) is 0.